The Balaban J connectivity index is 2.02. The Morgan fingerprint density at radius 2 is 2.24 bits per heavy atom. The summed E-state index contributed by atoms with van der Waals surface area (Å²) in [5, 5.41) is 0.944. The number of pyridine rings is 1. The van der Waals surface area contributed by atoms with E-state index in [2.05, 4.69) is 11.9 Å². The molecule has 4 nitrogen and oxygen atoms in total. The number of nitrogen functional groups attached to an aromatic ring is 1. The smallest absolute Gasteiger partial charge is 0.266 e. The Morgan fingerprint density at radius 3 is 2.95 bits per heavy atom. The molecule has 0 aliphatic carbocycles. The number of carbonyl (C=O) groups is 1. The van der Waals surface area contributed by atoms with E-state index in [9.17, 15) is 4.79 Å². The van der Waals surface area contributed by atoms with Crippen LogP contribution < -0.4 is 5.73 Å². The number of aromatic nitrogens is 1. The van der Waals surface area contributed by atoms with Crippen LogP contribution in [0.2, 0.25) is 0 Å². The van der Waals surface area contributed by atoms with Gasteiger partial charge in [-0.2, -0.15) is 0 Å². The third kappa shape index (κ3) is 2.50. The summed E-state index contributed by atoms with van der Waals surface area (Å²) in [7, 11) is 0. The molecular formula is C16H21N3OS. The van der Waals surface area contributed by atoms with Crippen molar-refractivity contribution < 1.29 is 4.79 Å². The standard InChI is InChI=1S/C16H21N3OS/c1-9-5-4-6-19(8-9)16(20)14-13(17)12-10(2)7-11(3)18-15(12)21-14/h7,9H,4-6,8,17H2,1-3H3. The molecule has 0 radical (unpaired) electrons. The molecule has 0 spiro atoms. The van der Waals surface area contributed by atoms with Crippen molar-refractivity contribution in [3.63, 3.8) is 0 Å². The summed E-state index contributed by atoms with van der Waals surface area (Å²) in [6.07, 6.45) is 2.28. The van der Waals surface area contributed by atoms with Crippen LogP contribution in [0.15, 0.2) is 6.07 Å². The molecule has 1 amide bonds. The average molecular weight is 303 g/mol. The summed E-state index contributed by atoms with van der Waals surface area (Å²) in [4.78, 5) is 20.8. The van der Waals surface area contributed by atoms with E-state index in [-0.39, 0.29) is 5.91 Å². The van der Waals surface area contributed by atoms with Gasteiger partial charge >= 0.3 is 0 Å². The molecule has 21 heavy (non-hydrogen) atoms. The van der Waals surface area contributed by atoms with Gasteiger partial charge in [0.2, 0.25) is 0 Å². The minimum atomic E-state index is 0.0686. The molecule has 5 heteroatoms. The van der Waals surface area contributed by atoms with Crippen LogP contribution in [-0.4, -0.2) is 28.9 Å². The number of likely N-dealkylation sites (tertiary alicyclic amines) is 1. The van der Waals surface area contributed by atoms with Gasteiger partial charge in [-0.1, -0.05) is 6.92 Å². The molecule has 0 bridgehead atoms. The Bertz CT molecular complexity index is 707. The Labute approximate surface area is 129 Å². The topological polar surface area (TPSA) is 59.2 Å². The van der Waals surface area contributed by atoms with Gasteiger partial charge in [-0.05, 0) is 44.2 Å². The minimum Gasteiger partial charge on any atom is -0.397 e. The van der Waals surface area contributed by atoms with Crippen molar-refractivity contribution in [2.75, 3.05) is 18.8 Å². The maximum Gasteiger partial charge on any atom is 0.266 e. The van der Waals surface area contributed by atoms with Gasteiger partial charge in [-0.3, -0.25) is 4.79 Å². The average Bonchev–Trinajstić information content (AvgIpc) is 2.75. The van der Waals surface area contributed by atoms with E-state index in [0.717, 1.165) is 41.0 Å². The molecule has 3 rings (SSSR count). The number of anilines is 1. The highest BCUT2D eigenvalue weighted by molar-refractivity contribution is 7.21. The largest absolute Gasteiger partial charge is 0.397 e. The monoisotopic (exact) mass is 303 g/mol. The van der Waals surface area contributed by atoms with Crippen LogP contribution in [0, 0.1) is 19.8 Å². The summed E-state index contributed by atoms with van der Waals surface area (Å²) in [6.45, 7) is 7.86. The van der Waals surface area contributed by atoms with E-state index in [0.29, 0.717) is 16.5 Å². The van der Waals surface area contributed by atoms with Gasteiger partial charge in [0.1, 0.15) is 9.71 Å². The molecule has 1 unspecified atom stereocenters. The molecule has 1 saturated heterocycles. The van der Waals surface area contributed by atoms with Crippen molar-refractivity contribution in [2.24, 2.45) is 5.92 Å². The molecule has 1 aliphatic rings. The lowest BCUT2D eigenvalue weighted by Gasteiger charge is -2.30. The van der Waals surface area contributed by atoms with Crippen LogP contribution in [-0.2, 0) is 0 Å². The van der Waals surface area contributed by atoms with E-state index in [1.165, 1.54) is 17.8 Å². The van der Waals surface area contributed by atoms with Crippen LogP contribution >= 0.6 is 11.3 Å². The van der Waals surface area contributed by atoms with Crippen molar-refractivity contribution in [1.29, 1.82) is 0 Å². The molecule has 1 fully saturated rings. The maximum absolute atomic E-state index is 12.8. The Morgan fingerprint density at radius 1 is 1.48 bits per heavy atom. The summed E-state index contributed by atoms with van der Waals surface area (Å²) in [6, 6.07) is 2.02. The van der Waals surface area contributed by atoms with Crippen LogP contribution in [0.5, 0.6) is 0 Å². The maximum atomic E-state index is 12.8. The van der Waals surface area contributed by atoms with E-state index in [4.69, 9.17) is 5.73 Å². The molecule has 2 aromatic heterocycles. The van der Waals surface area contributed by atoms with Gasteiger partial charge < -0.3 is 10.6 Å². The van der Waals surface area contributed by atoms with Gasteiger partial charge in [-0.25, -0.2) is 4.98 Å². The number of aryl methyl sites for hydroxylation is 2. The lowest BCUT2D eigenvalue weighted by atomic mass is 10.00. The lowest BCUT2D eigenvalue weighted by molar-refractivity contribution is 0.0689. The number of thiophene rings is 1. The predicted molar refractivity (Wildman–Crippen MR) is 87.8 cm³/mol. The number of hydrogen-bond donors (Lipinski definition) is 1. The van der Waals surface area contributed by atoms with Gasteiger partial charge in [0, 0.05) is 24.2 Å². The molecule has 3 heterocycles. The first-order valence-corrected chi connectivity index (χ1v) is 8.24. The van der Waals surface area contributed by atoms with Crippen molar-refractivity contribution in [3.8, 4) is 0 Å². The highest BCUT2D eigenvalue weighted by Gasteiger charge is 2.26. The highest BCUT2D eigenvalue weighted by atomic mass is 32.1. The number of nitrogens with zero attached hydrogens (tertiary/aromatic N) is 2. The van der Waals surface area contributed by atoms with E-state index in [1.54, 1.807) is 0 Å². The van der Waals surface area contributed by atoms with Crippen LogP contribution in [0.4, 0.5) is 5.69 Å². The third-order valence-corrected chi connectivity index (χ3v) is 5.25. The van der Waals surface area contributed by atoms with Crippen molar-refractivity contribution in [1.82, 2.24) is 9.88 Å². The summed E-state index contributed by atoms with van der Waals surface area (Å²) >= 11 is 1.43. The summed E-state index contributed by atoms with van der Waals surface area (Å²) in [5.74, 6) is 0.638. The number of hydrogen-bond acceptors (Lipinski definition) is 4. The molecule has 1 atom stereocenters. The van der Waals surface area contributed by atoms with Gasteiger partial charge in [0.25, 0.3) is 5.91 Å². The van der Waals surface area contributed by atoms with Crippen molar-refractivity contribution in [3.05, 3.63) is 22.2 Å². The third-order valence-electron chi connectivity index (χ3n) is 4.16. The van der Waals surface area contributed by atoms with E-state index < -0.39 is 0 Å². The second-order valence-electron chi connectivity index (χ2n) is 6.10. The number of fused-ring (bicyclic) bond motifs is 1. The highest BCUT2D eigenvalue weighted by Crippen LogP contribution is 2.36. The molecule has 2 N–H and O–H groups in total. The van der Waals surface area contributed by atoms with Crippen molar-refractivity contribution in [2.45, 2.75) is 33.6 Å². The quantitative estimate of drug-likeness (QED) is 0.878. The Kier molecular flexibility index (Phi) is 3.61. The van der Waals surface area contributed by atoms with Crippen LogP contribution in [0.1, 0.15) is 40.7 Å². The summed E-state index contributed by atoms with van der Waals surface area (Å²) < 4.78 is 0. The summed E-state index contributed by atoms with van der Waals surface area (Å²) in [5.41, 5.74) is 8.91. The zero-order chi connectivity index (χ0) is 15.1. The first-order valence-electron chi connectivity index (χ1n) is 7.43. The van der Waals surface area contributed by atoms with Crippen LogP contribution in [0.25, 0.3) is 10.2 Å². The van der Waals surface area contributed by atoms with Gasteiger partial charge in [0.05, 0.1) is 5.69 Å². The molecule has 112 valence electrons. The Hall–Kier alpha value is -1.62. The second kappa shape index (κ2) is 5.30. The normalized spacial score (nSPS) is 19.2. The minimum absolute atomic E-state index is 0.0686. The molecule has 0 aromatic carbocycles. The van der Waals surface area contributed by atoms with Gasteiger partial charge in [0.15, 0.2) is 0 Å². The van der Waals surface area contributed by atoms with E-state index in [1.807, 2.05) is 24.8 Å². The van der Waals surface area contributed by atoms with E-state index >= 15 is 0 Å². The zero-order valence-electron chi connectivity index (χ0n) is 12.8. The number of carbonyl (C=O) groups excluding carboxylic acids is 1. The fourth-order valence-corrected chi connectivity index (χ4v) is 4.33. The fraction of sp³-hybridized carbons (Fsp3) is 0.500. The van der Waals surface area contributed by atoms with Gasteiger partial charge in [-0.15, -0.1) is 11.3 Å². The lowest BCUT2D eigenvalue weighted by Crippen LogP contribution is -2.39. The fourth-order valence-electron chi connectivity index (χ4n) is 3.15. The number of piperidine rings is 1. The van der Waals surface area contributed by atoms with Crippen LogP contribution in [0.3, 0.4) is 0 Å². The predicted octanol–water partition coefficient (Wildman–Crippen LogP) is 3.37. The number of amides is 1. The molecule has 0 saturated carbocycles. The molecule has 1 aliphatic heterocycles. The first-order chi connectivity index (χ1) is 9.97. The molecular weight excluding hydrogens is 282 g/mol. The van der Waals surface area contributed by atoms with Crippen molar-refractivity contribution >= 4 is 33.1 Å². The zero-order valence-corrected chi connectivity index (χ0v) is 13.6. The second-order valence-corrected chi connectivity index (χ2v) is 7.10. The number of rotatable bonds is 1. The molecule has 2 aromatic rings. The first kappa shape index (κ1) is 14.3. The number of nitrogens with two attached hydrogens (primary N) is 1. The SMILES string of the molecule is Cc1cc(C)c2c(N)c(C(=O)N3CCCC(C)C3)sc2n1.